The van der Waals surface area contributed by atoms with Crippen LogP contribution in [0.4, 0.5) is 0 Å². The number of amides is 1. The zero-order valence-corrected chi connectivity index (χ0v) is 16.1. The number of hydrogen-bond acceptors (Lipinski definition) is 3. The van der Waals surface area contributed by atoms with Gasteiger partial charge in [-0.25, -0.2) is 4.79 Å². The van der Waals surface area contributed by atoms with E-state index in [-0.39, 0.29) is 5.91 Å². The summed E-state index contributed by atoms with van der Waals surface area (Å²) in [4.78, 5) is 24.5. The second kappa shape index (κ2) is 9.14. The average Bonchev–Trinajstić information content (AvgIpc) is 3.18. The Morgan fingerprint density at radius 2 is 1.48 bits per heavy atom. The topological polar surface area (TPSA) is 55.4 Å². The van der Waals surface area contributed by atoms with Crippen molar-refractivity contribution in [3.63, 3.8) is 0 Å². The number of carbonyl (C=O) groups excluding carboxylic acids is 2. The largest absolute Gasteiger partial charge is 0.467 e. The van der Waals surface area contributed by atoms with Crippen LogP contribution < -0.4 is 15.9 Å². The molecule has 0 unspecified atom stereocenters. The highest BCUT2D eigenvalue weighted by molar-refractivity contribution is 7.76. The van der Waals surface area contributed by atoms with E-state index in [1.54, 1.807) is 13.3 Å². The van der Waals surface area contributed by atoms with Gasteiger partial charge >= 0.3 is 5.97 Å². The third kappa shape index (κ3) is 4.56. The summed E-state index contributed by atoms with van der Waals surface area (Å²) < 4.78 is 4.70. The van der Waals surface area contributed by atoms with Crippen LogP contribution in [0.2, 0.25) is 0 Å². The van der Waals surface area contributed by atoms with Gasteiger partial charge in [0, 0.05) is 5.66 Å². The predicted molar refractivity (Wildman–Crippen MR) is 108 cm³/mol. The molecule has 1 amide bonds. The molecule has 2 aromatic carbocycles. The lowest BCUT2D eigenvalue weighted by atomic mass is 10.1. The Morgan fingerprint density at radius 3 is 2.00 bits per heavy atom. The molecule has 0 aromatic heterocycles. The number of rotatable bonds is 6. The predicted octanol–water partition coefficient (Wildman–Crippen LogP) is 2.53. The third-order valence-corrected chi connectivity index (χ3v) is 6.71. The Morgan fingerprint density at radius 1 is 0.926 bits per heavy atom. The molecule has 0 saturated heterocycles. The van der Waals surface area contributed by atoms with Crippen molar-refractivity contribution in [2.45, 2.75) is 13.0 Å². The summed E-state index contributed by atoms with van der Waals surface area (Å²) in [5, 5.41) is 5.06. The number of ether oxygens (including phenoxy) is 1. The van der Waals surface area contributed by atoms with Crippen molar-refractivity contribution in [1.82, 2.24) is 5.32 Å². The van der Waals surface area contributed by atoms with Gasteiger partial charge < -0.3 is 10.1 Å². The van der Waals surface area contributed by atoms with Gasteiger partial charge in [-0.1, -0.05) is 60.7 Å². The monoisotopic (exact) mass is 378 g/mol. The number of nitrogens with one attached hydrogen (secondary N) is 1. The van der Waals surface area contributed by atoms with E-state index in [0.717, 1.165) is 5.66 Å². The summed E-state index contributed by atoms with van der Waals surface area (Å²) in [6.07, 6.45) is 5.67. The summed E-state index contributed by atoms with van der Waals surface area (Å²) in [6, 6.07) is 19.7. The highest BCUT2D eigenvalue weighted by Crippen LogP contribution is 2.55. The smallest absolute Gasteiger partial charge is 0.328 e. The normalized spacial score (nSPS) is 16.3. The molecule has 0 heterocycles. The fraction of sp³-hybridized carbons (Fsp3) is 0.136. The molecular weight excluding hydrogens is 357 g/mol. The highest BCUT2D eigenvalue weighted by Gasteiger charge is 2.41. The summed E-state index contributed by atoms with van der Waals surface area (Å²) in [6.45, 7) is 1.61. The van der Waals surface area contributed by atoms with E-state index in [1.165, 1.54) is 17.7 Å². The maximum absolute atomic E-state index is 12.8. The summed E-state index contributed by atoms with van der Waals surface area (Å²) in [5.74, 6) is -0.151. The maximum Gasteiger partial charge on any atom is 0.328 e. The van der Waals surface area contributed by atoms with Gasteiger partial charge in [0.05, 0.1) is 13.0 Å². The number of carbonyl (C=O) groups is 2. The fourth-order valence-electron chi connectivity index (χ4n) is 2.89. The first-order chi connectivity index (χ1) is 13.1. The van der Waals surface area contributed by atoms with Crippen LogP contribution >= 0.6 is 7.92 Å². The van der Waals surface area contributed by atoms with Crippen molar-refractivity contribution in [1.29, 1.82) is 0 Å². The van der Waals surface area contributed by atoms with E-state index in [9.17, 15) is 9.59 Å². The molecule has 5 heteroatoms. The first-order valence-corrected chi connectivity index (χ1v) is 10.0. The quantitative estimate of drug-likeness (QED) is 0.621. The molecule has 1 fully saturated rings. The van der Waals surface area contributed by atoms with Gasteiger partial charge in [-0.3, -0.25) is 4.79 Å². The third-order valence-electron chi connectivity index (χ3n) is 4.21. The molecule has 0 bridgehead atoms. The highest BCUT2D eigenvalue weighted by atomic mass is 31.1. The van der Waals surface area contributed by atoms with Crippen molar-refractivity contribution in [2.75, 3.05) is 7.11 Å². The SMILES string of the molecule is COC(=O)[C@@H](C)NC(=O)[C]1[CH][CH][CH][C]1P(c1ccccc1)c1ccccc1. The molecular formula is C22H21NO3P. The zero-order chi connectivity index (χ0) is 19.2. The molecule has 2 aromatic rings. The van der Waals surface area contributed by atoms with Crippen molar-refractivity contribution in [3.05, 3.63) is 91.5 Å². The molecule has 4 nitrogen and oxygen atoms in total. The van der Waals surface area contributed by atoms with Gasteiger partial charge in [-0.15, -0.1) is 0 Å². The van der Waals surface area contributed by atoms with E-state index in [2.05, 4.69) is 29.6 Å². The van der Waals surface area contributed by atoms with E-state index in [0.29, 0.717) is 5.92 Å². The van der Waals surface area contributed by atoms with E-state index >= 15 is 0 Å². The number of esters is 1. The van der Waals surface area contributed by atoms with Crippen LogP contribution in [0, 0.1) is 30.8 Å². The molecule has 3 rings (SSSR count). The summed E-state index contributed by atoms with van der Waals surface area (Å²) in [5.41, 5.74) is 0.969. The van der Waals surface area contributed by atoms with Gasteiger partial charge in [-0.05, 0) is 44.7 Å². The molecule has 0 aliphatic heterocycles. The first kappa shape index (κ1) is 19.6. The van der Waals surface area contributed by atoms with Crippen LogP contribution in [-0.4, -0.2) is 25.0 Å². The van der Waals surface area contributed by atoms with Crippen LogP contribution in [0.3, 0.4) is 0 Å². The molecule has 1 atom stereocenters. The Hall–Kier alpha value is -2.19. The van der Waals surface area contributed by atoms with Gasteiger partial charge in [-0.2, -0.15) is 0 Å². The van der Waals surface area contributed by atoms with E-state index in [4.69, 9.17) is 4.74 Å². The molecule has 0 spiro atoms. The van der Waals surface area contributed by atoms with Crippen LogP contribution in [0.5, 0.6) is 0 Å². The minimum Gasteiger partial charge on any atom is -0.467 e. The summed E-state index contributed by atoms with van der Waals surface area (Å²) in [7, 11) is 0.425. The number of methoxy groups -OCH3 is 1. The lowest BCUT2D eigenvalue weighted by Crippen LogP contribution is -2.42. The van der Waals surface area contributed by atoms with Crippen molar-refractivity contribution >= 4 is 30.4 Å². The van der Waals surface area contributed by atoms with Crippen molar-refractivity contribution in [3.8, 4) is 0 Å². The Balaban J connectivity index is 1.87. The van der Waals surface area contributed by atoms with Crippen LogP contribution in [0.1, 0.15) is 6.92 Å². The molecule has 5 radical (unpaired) electrons. The lowest BCUT2D eigenvalue weighted by molar-refractivity contribution is -0.144. The number of hydrogen-bond donors (Lipinski definition) is 1. The molecule has 137 valence electrons. The maximum atomic E-state index is 12.8. The second-order valence-electron chi connectivity index (χ2n) is 6.05. The fourth-order valence-corrected chi connectivity index (χ4v) is 5.34. The average molecular weight is 378 g/mol. The standard InChI is InChI=1S/C22H21NO3P/c1-16(22(25)26-2)23-21(24)19-14-9-15-20(19)27(17-10-5-3-6-11-17)18-12-7-4-8-13-18/h3-16H,1-2H3,(H,23,24)/t16-/m1/s1. The Kier molecular flexibility index (Phi) is 6.63. The molecule has 1 saturated carbocycles. The Labute approximate surface area is 162 Å². The second-order valence-corrected chi connectivity index (χ2v) is 8.23. The minimum absolute atomic E-state index is 0.271. The molecule has 1 aliphatic carbocycles. The lowest BCUT2D eigenvalue weighted by Gasteiger charge is -2.28. The number of benzene rings is 2. The van der Waals surface area contributed by atoms with Gasteiger partial charge in [0.15, 0.2) is 0 Å². The minimum atomic E-state index is -0.883. The Bertz CT molecular complexity index is 726. The van der Waals surface area contributed by atoms with E-state index in [1.807, 2.05) is 49.2 Å². The zero-order valence-electron chi connectivity index (χ0n) is 15.3. The van der Waals surface area contributed by atoms with Crippen LogP contribution in [0.25, 0.3) is 0 Å². The molecule has 1 aliphatic rings. The van der Waals surface area contributed by atoms with Crippen molar-refractivity contribution in [2.24, 2.45) is 0 Å². The molecule has 1 N–H and O–H groups in total. The van der Waals surface area contributed by atoms with Gasteiger partial charge in [0.25, 0.3) is 0 Å². The van der Waals surface area contributed by atoms with Crippen LogP contribution in [-0.2, 0) is 14.3 Å². The molecule has 27 heavy (non-hydrogen) atoms. The van der Waals surface area contributed by atoms with Gasteiger partial charge in [0.2, 0.25) is 5.91 Å². The van der Waals surface area contributed by atoms with Crippen LogP contribution in [0.15, 0.2) is 60.7 Å². The van der Waals surface area contributed by atoms with Crippen molar-refractivity contribution < 1.29 is 14.3 Å². The first-order valence-electron chi connectivity index (χ1n) is 8.66. The van der Waals surface area contributed by atoms with Gasteiger partial charge in [0.1, 0.15) is 6.04 Å². The summed E-state index contributed by atoms with van der Waals surface area (Å²) >= 11 is 0. The van der Waals surface area contributed by atoms with E-state index < -0.39 is 19.9 Å².